The smallest absolute Gasteiger partial charge is 0.0628 e. The maximum atomic E-state index is 10.1. The van der Waals surface area contributed by atoms with Gasteiger partial charge in [-0.15, -0.1) is 0 Å². The number of nitrogens with one attached hydrogen (secondary N) is 1. The quantitative estimate of drug-likeness (QED) is 0.751. The average Bonchev–Trinajstić information content (AvgIpc) is 3.30. The summed E-state index contributed by atoms with van der Waals surface area (Å²) in [7, 11) is 2.28. The molecule has 0 amide bonds. The first-order valence-corrected chi connectivity index (χ1v) is 8.72. The minimum atomic E-state index is -0.0173. The lowest BCUT2D eigenvalue weighted by atomic mass is 9.85. The second-order valence-corrected chi connectivity index (χ2v) is 7.85. The van der Waals surface area contributed by atoms with Crippen LogP contribution >= 0.6 is 0 Å². The van der Waals surface area contributed by atoms with Gasteiger partial charge in [-0.2, -0.15) is 0 Å². The van der Waals surface area contributed by atoms with Crippen LogP contribution in [0.5, 0.6) is 0 Å². The van der Waals surface area contributed by atoms with Crippen molar-refractivity contribution in [1.82, 2.24) is 10.2 Å². The molecule has 2 N–H and O–H groups in total. The Balaban J connectivity index is 1.62. The largest absolute Gasteiger partial charge is 0.394 e. The van der Waals surface area contributed by atoms with Crippen LogP contribution in [0.15, 0.2) is 0 Å². The molecule has 3 saturated carbocycles. The molecule has 0 aromatic rings. The van der Waals surface area contributed by atoms with E-state index in [0.717, 1.165) is 18.5 Å². The molecule has 0 bridgehead atoms. The number of aliphatic hydroxyl groups excluding tert-OH is 1. The van der Waals surface area contributed by atoms with Gasteiger partial charge in [-0.25, -0.2) is 0 Å². The molecular weight excluding hydrogens is 248 g/mol. The molecule has 0 heterocycles. The van der Waals surface area contributed by atoms with Crippen molar-refractivity contribution in [3.63, 3.8) is 0 Å². The topological polar surface area (TPSA) is 35.5 Å². The summed E-state index contributed by atoms with van der Waals surface area (Å²) in [6, 6.07) is 1.41. The van der Waals surface area contributed by atoms with E-state index in [9.17, 15) is 5.11 Å². The molecule has 0 radical (unpaired) electrons. The Hall–Kier alpha value is -0.120. The van der Waals surface area contributed by atoms with E-state index in [4.69, 9.17) is 0 Å². The molecule has 0 spiro atoms. The summed E-state index contributed by atoms with van der Waals surface area (Å²) in [5.41, 5.74) is -0.0173. The van der Waals surface area contributed by atoms with E-state index in [2.05, 4.69) is 24.2 Å². The van der Waals surface area contributed by atoms with Gasteiger partial charge < -0.3 is 15.3 Å². The Morgan fingerprint density at radius 2 is 1.90 bits per heavy atom. The normalized spacial score (nSPS) is 34.2. The minimum absolute atomic E-state index is 0.0173. The van der Waals surface area contributed by atoms with Crippen molar-refractivity contribution in [2.45, 2.75) is 75.9 Å². The van der Waals surface area contributed by atoms with E-state index >= 15 is 0 Å². The lowest BCUT2D eigenvalue weighted by Crippen LogP contribution is -2.59. The molecule has 0 aliphatic heterocycles. The number of aliphatic hydroxyl groups is 1. The van der Waals surface area contributed by atoms with Crippen molar-refractivity contribution in [2.24, 2.45) is 11.8 Å². The summed E-state index contributed by atoms with van der Waals surface area (Å²) in [5, 5.41) is 13.9. The summed E-state index contributed by atoms with van der Waals surface area (Å²) in [4.78, 5) is 2.56. The van der Waals surface area contributed by atoms with Crippen LogP contribution in [0.25, 0.3) is 0 Å². The van der Waals surface area contributed by atoms with Gasteiger partial charge in [-0.05, 0) is 57.4 Å². The molecule has 0 saturated heterocycles. The lowest BCUT2D eigenvalue weighted by Gasteiger charge is -2.42. The Bertz CT molecular complexity index is 327. The van der Waals surface area contributed by atoms with Crippen molar-refractivity contribution in [3.05, 3.63) is 0 Å². The van der Waals surface area contributed by atoms with Gasteiger partial charge in [0.15, 0.2) is 0 Å². The third kappa shape index (κ3) is 3.37. The van der Waals surface area contributed by atoms with Gasteiger partial charge in [0.25, 0.3) is 0 Å². The fraction of sp³-hybridized carbons (Fsp3) is 1.00. The first kappa shape index (κ1) is 14.8. The van der Waals surface area contributed by atoms with Crippen molar-refractivity contribution in [2.75, 3.05) is 20.2 Å². The third-order valence-corrected chi connectivity index (χ3v) is 5.77. The van der Waals surface area contributed by atoms with E-state index in [1.807, 2.05) is 0 Å². The van der Waals surface area contributed by atoms with Crippen molar-refractivity contribution in [1.29, 1.82) is 0 Å². The maximum Gasteiger partial charge on any atom is 0.0628 e. The van der Waals surface area contributed by atoms with E-state index < -0.39 is 0 Å². The highest BCUT2D eigenvalue weighted by Gasteiger charge is 2.48. The van der Waals surface area contributed by atoms with Crippen LogP contribution in [0.1, 0.15) is 58.3 Å². The van der Waals surface area contributed by atoms with Crippen LogP contribution in [-0.4, -0.2) is 47.8 Å². The number of hydrogen-bond donors (Lipinski definition) is 2. The fourth-order valence-corrected chi connectivity index (χ4v) is 4.16. The highest BCUT2D eigenvalue weighted by Crippen LogP contribution is 2.42. The van der Waals surface area contributed by atoms with Crippen molar-refractivity contribution < 1.29 is 5.11 Å². The fourth-order valence-electron chi connectivity index (χ4n) is 4.16. The van der Waals surface area contributed by atoms with Gasteiger partial charge in [0.05, 0.1) is 12.1 Å². The predicted molar refractivity (Wildman–Crippen MR) is 82.7 cm³/mol. The van der Waals surface area contributed by atoms with Crippen LogP contribution in [0.2, 0.25) is 0 Å². The highest BCUT2D eigenvalue weighted by molar-refractivity contribution is 5.06. The van der Waals surface area contributed by atoms with Crippen molar-refractivity contribution in [3.8, 4) is 0 Å². The van der Waals surface area contributed by atoms with Crippen LogP contribution in [0, 0.1) is 11.8 Å². The summed E-state index contributed by atoms with van der Waals surface area (Å²) in [6.07, 6.45) is 10.7. The van der Waals surface area contributed by atoms with E-state index in [1.165, 1.54) is 51.4 Å². The Labute approximate surface area is 124 Å². The van der Waals surface area contributed by atoms with Gasteiger partial charge >= 0.3 is 0 Å². The zero-order valence-electron chi connectivity index (χ0n) is 13.3. The molecule has 3 fully saturated rings. The molecule has 116 valence electrons. The average molecular weight is 280 g/mol. The second kappa shape index (κ2) is 5.94. The SMILES string of the molecule is CC1CCCC(N(C)CC(CO)(NC2CC2)C2CC2)C1. The zero-order valence-corrected chi connectivity index (χ0v) is 13.3. The molecule has 0 aromatic carbocycles. The Morgan fingerprint density at radius 1 is 1.15 bits per heavy atom. The van der Waals surface area contributed by atoms with Crippen molar-refractivity contribution >= 4 is 0 Å². The molecule has 3 aliphatic carbocycles. The third-order valence-electron chi connectivity index (χ3n) is 5.77. The zero-order chi connectivity index (χ0) is 14.2. The van der Waals surface area contributed by atoms with Crippen LogP contribution in [0.4, 0.5) is 0 Å². The number of hydrogen-bond acceptors (Lipinski definition) is 3. The molecule has 3 heteroatoms. The number of nitrogens with zero attached hydrogens (tertiary/aromatic N) is 1. The molecule has 20 heavy (non-hydrogen) atoms. The molecule has 3 aliphatic rings. The van der Waals surface area contributed by atoms with E-state index in [-0.39, 0.29) is 5.54 Å². The molecular formula is C17H32N2O. The van der Waals surface area contributed by atoms with Gasteiger partial charge in [-0.3, -0.25) is 0 Å². The summed E-state index contributed by atoms with van der Waals surface area (Å²) in [5.74, 6) is 1.58. The first-order valence-electron chi connectivity index (χ1n) is 8.72. The van der Waals surface area contributed by atoms with E-state index in [1.54, 1.807) is 0 Å². The van der Waals surface area contributed by atoms with Gasteiger partial charge in [0.1, 0.15) is 0 Å². The summed E-state index contributed by atoms with van der Waals surface area (Å²) in [6.45, 7) is 3.73. The second-order valence-electron chi connectivity index (χ2n) is 7.85. The van der Waals surface area contributed by atoms with Gasteiger partial charge in [0, 0.05) is 18.6 Å². The minimum Gasteiger partial charge on any atom is -0.394 e. The summed E-state index contributed by atoms with van der Waals surface area (Å²) < 4.78 is 0. The number of rotatable bonds is 7. The highest BCUT2D eigenvalue weighted by atomic mass is 16.3. The summed E-state index contributed by atoms with van der Waals surface area (Å²) >= 11 is 0. The maximum absolute atomic E-state index is 10.1. The predicted octanol–water partition coefficient (Wildman–Crippen LogP) is 2.39. The Morgan fingerprint density at radius 3 is 2.45 bits per heavy atom. The molecule has 0 aromatic heterocycles. The van der Waals surface area contributed by atoms with Gasteiger partial charge in [0.2, 0.25) is 0 Å². The lowest BCUT2D eigenvalue weighted by molar-refractivity contribution is 0.0666. The molecule has 3 rings (SSSR count). The molecule has 3 atom stereocenters. The van der Waals surface area contributed by atoms with Gasteiger partial charge in [-0.1, -0.05) is 19.8 Å². The molecule has 3 unspecified atom stereocenters. The van der Waals surface area contributed by atoms with E-state index in [0.29, 0.717) is 18.6 Å². The van der Waals surface area contributed by atoms with Crippen LogP contribution in [0.3, 0.4) is 0 Å². The van der Waals surface area contributed by atoms with Crippen LogP contribution < -0.4 is 5.32 Å². The molecule has 3 nitrogen and oxygen atoms in total. The first-order chi connectivity index (χ1) is 9.63. The van der Waals surface area contributed by atoms with Crippen LogP contribution in [-0.2, 0) is 0 Å². The standard InChI is InChI=1S/C17H32N2O/c1-13-4-3-5-16(10-13)19(2)11-17(12-20,14-6-7-14)18-15-8-9-15/h13-16,18,20H,3-12H2,1-2H3. The number of likely N-dealkylation sites (N-methyl/N-ethyl adjacent to an activating group) is 1. The monoisotopic (exact) mass is 280 g/mol. The Kier molecular flexibility index (Phi) is 4.40.